The van der Waals surface area contributed by atoms with Gasteiger partial charge in [0, 0.05) is 30.2 Å². The van der Waals surface area contributed by atoms with E-state index in [1.165, 1.54) is 7.11 Å². The van der Waals surface area contributed by atoms with Crippen molar-refractivity contribution in [3.05, 3.63) is 53.5 Å². The number of fused-ring (bicyclic) bond motifs is 2. The first kappa shape index (κ1) is 16.4. The number of nitrogens with zero attached hydrogens (tertiary/aromatic N) is 3. The van der Waals surface area contributed by atoms with Gasteiger partial charge in [0.05, 0.1) is 25.8 Å². The fraction of sp³-hybridized carbons (Fsp3) is 0.316. The van der Waals surface area contributed by atoms with Gasteiger partial charge in [0.2, 0.25) is 5.91 Å². The number of aromatic nitrogens is 3. The zero-order valence-corrected chi connectivity index (χ0v) is 14.6. The van der Waals surface area contributed by atoms with Crippen molar-refractivity contribution >= 4 is 22.8 Å². The summed E-state index contributed by atoms with van der Waals surface area (Å²) in [6.45, 7) is 1.81. The van der Waals surface area contributed by atoms with Crippen LogP contribution in [-0.2, 0) is 29.0 Å². The zero-order valence-electron chi connectivity index (χ0n) is 14.6. The third-order valence-electron chi connectivity index (χ3n) is 4.78. The molecule has 1 aromatic carbocycles. The summed E-state index contributed by atoms with van der Waals surface area (Å²) in [5, 5.41) is 5.37. The lowest BCUT2D eigenvalue weighted by molar-refractivity contribution is -0.131. The standard InChI is InChI=1S/C19H20N4O3/c1-26-19(25)17-10-14-12-22(7-4-8-23(14)21-17)18(24)9-13-11-20-16-6-3-2-5-15(13)16/h2-3,5-6,10-11,20H,4,7-9,12H2,1H3. The van der Waals surface area contributed by atoms with Crippen molar-refractivity contribution in [1.29, 1.82) is 0 Å². The number of aryl methyl sites for hydroxylation is 1. The van der Waals surface area contributed by atoms with Crippen molar-refractivity contribution in [2.75, 3.05) is 13.7 Å². The van der Waals surface area contributed by atoms with Crippen molar-refractivity contribution in [3.8, 4) is 0 Å². The lowest BCUT2D eigenvalue weighted by Crippen LogP contribution is -2.32. The summed E-state index contributed by atoms with van der Waals surface area (Å²) in [7, 11) is 1.34. The summed E-state index contributed by atoms with van der Waals surface area (Å²) < 4.78 is 6.53. The number of aromatic amines is 1. The number of nitrogens with one attached hydrogen (secondary N) is 1. The van der Waals surface area contributed by atoms with Crippen LogP contribution in [0.1, 0.15) is 28.2 Å². The van der Waals surface area contributed by atoms with Gasteiger partial charge in [-0.2, -0.15) is 5.10 Å². The van der Waals surface area contributed by atoms with Gasteiger partial charge in [0.1, 0.15) is 0 Å². The second-order valence-electron chi connectivity index (χ2n) is 6.44. The lowest BCUT2D eigenvalue weighted by Gasteiger charge is -2.19. The highest BCUT2D eigenvalue weighted by molar-refractivity contribution is 5.89. The summed E-state index contributed by atoms with van der Waals surface area (Å²) in [4.78, 5) is 29.6. The molecule has 0 saturated heterocycles. The van der Waals surface area contributed by atoms with E-state index >= 15 is 0 Å². The van der Waals surface area contributed by atoms with Crippen LogP contribution in [0, 0.1) is 0 Å². The molecular formula is C19H20N4O3. The highest BCUT2D eigenvalue weighted by Crippen LogP contribution is 2.20. The molecule has 0 fully saturated rings. The highest BCUT2D eigenvalue weighted by Gasteiger charge is 2.23. The molecule has 2 aromatic heterocycles. The number of ether oxygens (including phenoxy) is 1. The van der Waals surface area contributed by atoms with Gasteiger partial charge in [-0.25, -0.2) is 4.79 Å². The molecule has 0 saturated carbocycles. The maximum absolute atomic E-state index is 12.9. The van der Waals surface area contributed by atoms with E-state index in [-0.39, 0.29) is 11.6 Å². The molecule has 0 aliphatic carbocycles. The van der Waals surface area contributed by atoms with Crippen LogP contribution in [0.25, 0.3) is 10.9 Å². The highest BCUT2D eigenvalue weighted by atomic mass is 16.5. The van der Waals surface area contributed by atoms with Crippen LogP contribution in [0.2, 0.25) is 0 Å². The van der Waals surface area contributed by atoms with Crippen LogP contribution in [0.5, 0.6) is 0 Å². The summed E-state index contributed by atoms with van der Waals surface area (Å²) in [6, 6.07) is 9.68. The first-order chi connectivity index (χ1) is 12.7. The molecule has 1 aliphatic heterocycles. The largest absolute Gasteiger partial charge is 0.464 e. The number of carbonyl (C=O) groups excluding carboxylic acids is 2. The van der Waals surface area contributed by atoms with Gasteiger partial charge in [-0.05, 0) is 24.1 Å². The molecule has 0 spiro atoms. The maximum atomic E-state index is 12.9. The van der Waals surface area contributed by atoms with Crippen LogP contribution in [0.3, 0.4) is 0 Å². The Morgan fingerprint density at radius 1 is 1.27 bits per heavy atom. The molecule has 7 heteroatoms. The average Bonchev–Trinajstić information content (AvgIpc) is 3.19. The van der Waals surface area contributed by atoms with Crippen molar-refractivity contribution in [2.24, 2.45) is 0 Å². The predicted molar refractivity (Wildman–Crippen MR) is 95.6 cm³/mol. The van der Waals surface area contributed by atoms with Crippen molar-refractivity contribution < 1.29 is 14.3 Å². The van der Waals surface area contributed by atoms with E-state index in [4.69, 9.17) is 4.74 Å². The van der Waals surface area contributed by atoms with Gasteiger partial charge in [0.25, 0.3) is 0 Å². The molecule has 3 heterocycles. The molecular weight excluding hydrogens is 332 g/mol. The summed E-state index contributed by atoms with van der Waals surface area (Å²) >= 11 is 0. The molecule has 1 amide bonds. The number of rotatable bonds is 3. The molecule has 7 nitrogen and oxygen atoms in total. The van der Waals surface area contributed by atoms with Crippen LogP contribution in [0.15, 0.2) is 36.5 Å². The number of hydrogen-bond donors (Lipinski definition) is 1. The predicted octanol–water partition coefficient (Wildman–Crippen LogP) is 2.13. The first-order valence-electron chi connectivity index (χ1n) is 8.63. The molecule has 134 valence electrons. The number of amides is 1. The van der Waals surface area contributed by atoms with Gasteiger partial charge in [-0.3, -0.25) is 9.48 Å². The fourth-order valence-corrected chi connectivity index (χ4v) is 3.43. The molecule has 0 radical (unpaired) electrons. The Kier molecular flexibility index (Phi) is 4.20. The van der Waals surface area contributed by atoms with Crippen molar-refractivity contribution in [3.63, 3.8) is 0 Å². The second kappa shape index (κ2) is 6.67. The first-order valence-corrected chi connectivity index (χ1v) is 8.63. The summed E-state index contributed by atoms with van der Waals surface area (Å²) in [5.74, 6) is -0.383. The van der Waals surface area contributed by atoms with E-state index in [1.54, 1.807) is 10.7 Å². The Bertz CT molecular complexity index is 972. The fourth-order valence-electron chi connectivity index (χ4n) is 3.43. The Morgan fingerprint density at radius 2 is 2.12 bits per heavy atom. The molecule has 0 bridgehead atoms. The number of esters is 1. The number of para-hydroxylation sites is 1. The molecule has 0 atom stereocenters. The SMILES string of the molecule is COC(=O)c1cc2n(n1)CCCN(C(=O)Cc1c[nH]c3ccccc13)C2. The van der Waals surface area contributed by atoms with Gasteiger partial charge in [0.15, 0.2) is 5.69 Å². The lowest BCUT2D eigenvalue weighted by atomic mass is 10.1. The molecule has 3 aromatic rings. The number of carbonyl (C=O) groups is 2. The van der Waals surface area contributed by atoms with Gasteiger partial charge < -0.3 is 14.6 Å². The van der Waals surface area contributed by atoms with E-state index < -0.39 is 5.97 Å². The van der Waals surface area contributed by atoms with Gasteiger partial charge in [-0.1, -0.05) is 18.2 Å². The molecule has 1 aliphatic rings. The third-order valence-corrected chi connectivity index (χ3v) is 4.78. The van der Waals surface area contributed by atoms with Crippen molar-refractivity contribution in [2.45, 2.75) is 25.9 Å². The zero-order chi connectivity index (χ0) is 18.1. The van der Waals surface area contributed by atoms with E-state index in [2.05, 4.69) is 10.1 Å². The quantitative estimate of drug-likeness (QED) is 0.732. The van der Waals surface area contributed by atoms with E-state index in [0.29, 0.717) is 26.1 Å². The summed E-state index contributed by atoms with van der Waals surface area (Å²) in [5.41, 5.74) is 3.18. The monoisotopic (exact) mass is 352 g/mol. The van der Waals surface area contributed by atoms with Gasteiger partial charge in [-0.15, -0.1) is 0 Å². The van der Waals surface area contributed by atoms with E-state index in [0.717, 1.165) is 28.6 Å². The number of hydrogen-bond acceptors (Lipinski definition) is 4. The van der Waals surface area contributed by atoms with Crippen LogP contribution < -0.4 is 0 Å². The number of H-pyrrole nitrogens is 1. The second-order valence-corrected chi connectivity index (χ2v) is 6.44. The van der Waals surface area contributed by atoms with E-state index in [1.807, 2.05) is 35.4 Å². The Morgan fingerprint density at radius 3 is 2.96 bits per heavy atom. The van der Waals surface area contributed by atoms with Crippen LogP contribution >= 0.6 is 0 Å². The maximum Gasteiger partial charge on any atom is 0.358 e. The third kappa shape index (κ3) is 2.96. The molecule has 26 heavy (non-hydrogen) atoms. The molecule has 1 N–H and O–H groups in total. The number of benzene rings is 1. The normalized spacial score (nSPS) is 14.1. The minimum Gasteiger partial charge on any atom is -0.464 e. The van der Waals surface area contributed by atoms with Crippen LogP contribution in [0.4, 0.5) is 0 Å². The minimum absolute atomic E-state index is 0.0732. The summed E-state index contributed by atoms with van der Waals surface area (Å²) in [6.07, 6.45) is 3.05. The molecule has 0 unspecified atom stereocenters. The van der Waals surface area contributed by atoms with Gasteiger partial charge >= 0.3 is 5.97 Å². The Hall–Kier alpha value is -3.09. The topological polar surface area (TPSA) is 80.2 Å². The van der Waals surface area contributed by atoms with Crippen LogP contribution in [-0.4, -0.2) is 45.2 Å². The van der Waals surface area contributed by atoms with Crippen molar-refractivity contribution in [1.82, 2.24) is 19.7 Å². The Labute approximate surface area is 150 Å². The number of methoxy groups -OCH3 is 1. The molecule has 4 rings (SSSR count). The minimum atomic E-state index is -0.456. The smallest absolute Gasteiger partial charge is 0.358 e. The average molecular weight is 352 g/mol. The van der Waals surface area contributed by atoms with E-state index in [9.17, 15) is 9.59 Å². The Balaban J connectivity index is 1.53.